The molecule has 1 aliphatic heterocycles. The lowest BCUT2D eigenvalue weighted by atomic mass is 10.0. The first-order valence-corrected chi connectivity index (χ1v) is 11.4. The van der Waals surface area contributed by atoms with Gasteiger partial charge in [0.25, 0.3) is 11.8 Å². The maximum atomic E-state index is 13.7. The van der Waals surface area contributed by atoms with E-state index >= 15 is 0 Å². The van der Waals surface area contributed by atoms with Gasteiger partial charge in [-0.05, 0) is 54.4 Å². The van der Waals surface area contributed by atoms with E-state index in [2.05, 4.69) is 0 Å². The van der Waals surface area contributed by atoms with Gasteiger partial charge < -0.3 is 9.64 Å². The number of aryl methyl sites for hydroxylation is 1. The summed E-state index contributed by atoms with van der Waals surface area (Å²) in [5, 5.41) is 0.463. The summed E-state index contributed by atoms with van der Waals surface area (Å²) in [6.45, 7) is 3.17. The minimum absolute atomic E-state index is 0.0652. The maximum absolute atomic E-state index is 13.7. The summed E-state index contributed by atoms with van der Waals surface area (Å²) in [4.78, 5) is 53.8. The fourth-order valence-corrected chi connectivity index (χ4v) is 4.26. The van der Waals surface area contributed by atoms with Gasteiger partial charge in [0.2, 0.25) is 5.91 Å². The number of benzene rings is 3. The lowest BCUT2D eigenvalue weighted by Gasteiger charge is -2.28. The Morgan fingerprint density at radius 2 is 1.66 bits per heavy atom. The number of ether oxygens (including phenoxy) is 1. The number of esters is 1. The van der Waals surface area contributed by atoms with Crippen LogP contribution in [-0.2, 0) is 20.9 Å². The minimum Gasteiger partial charge on any atom is -0.427 e. The molecule has 3 aromatic carbocycles. The fraction of sp³-hybridized carbons (Fsp3) is 0.185. The molecule has 1 fully saturated rings. The summed E-state index contributed by atoms with van der Waals surface area (Å²) in [5.74, 6) is -1.48. The molecule has 0 N–H and O–H groups in total. The molecule has 178 valence electrons. The van der Waals surface area contributed by atoms with Crippen molar-refractivity contribution in [3.8, 4) is 5.75 Å². The number of anilines is 1. The predicted molar refractivity (Wildman–Crippen MR) is 131 cm³/mol. The predicted octanol–water partition coefficient (Wildman–Crippen LogP) is 4.55. The molecule has 1 unspecified atom stereocenters. The van der Waals surface area contributed by atoms with E-state index in [1.165, 1.54) is 36.1 Å². The molecular weight excluding hydrogens is 468 g/mol. The van der Waals surface area contributed by atoms with Gasteiger partial charge in [0.15, 0.2) is 0 Å². The summed E-state index contributed by atoms with van der Waals surface area (Å²) in [6, 6.07) is 19.2. The van der Waals surface area contributed by atoms with Crippen LogP contribution in [0.25, 0.3) is 0 Å². The van der Waals surface area contributed by atoms with Gasteiger partial charge in [0, 0.05) is 24.1 Å². The van der Waals surface area contributed by atoms with Crippen LogP contribution in [0.5, 0.6) is 5.75 Å². The number of carbonyl (C=O) groups is 4. The van der Waals surface area contributed by atoms with Crippen molar-refractivity contribution in [3.05, 3.63) is 94.5 Å². The second-order valence-electron chi connectivity index (χ2n) is 8.21. The molecule has 35 heavy (non-hydrogen) atoms. The topological polar surface area (TPSA) is 84.0 Å². The Labute approximate surface area is 207 Å². The summed E-state index contributed by atoms with van der Waals surface area (Å²) >= 11 is 6.36. The zero-order valence-electron chi connectivity index (χ0n) is 19.2. The van der Waals surface area contributed by atoms with Gasteiger partial charge in [-0.1, -0.05) is 48.0 Å². The van der Waals surface area contributed by atoms with E-state index in [0.29, 0.717) is 27.6 Å². The van der Waals surface area contributed by atoms with E-state index in [9.17, 15) is 19.2 Å². The van der Waals surface area contributed by atoms with Crippen molar-refractivity contribution in [1.82, 2.24) is 4.90 Å². The second-order valence-corrected chi connectivity index (χ2v) is 8.62. The lowest BCUT2D eigenvalue weighted by molar-refractivity contribution is -0.132. The van der Waals surface area contributed by atoms with Gasteiger partial charge in [0.05, 0.1) is 12.1 Å². The van der Waals surface area contributed by atoms with Crippen molar-refractivity contribution in [2.24, 2.45) is 0 Å². The Bertz CT molecular complexity index is 1300. The van der Waals surface area contributed by atoms with Crippen LogP contribution in [0.15, 0.2) is 72.8 Å². The van der Waals surface area contributed by atoms with Gasteiger partial charge in [0.1, 0.15) is 11.8 Å². The maximum Gasteiger partial charge on any atom is 0.308 e. The third kappa shape index (κ3) is 5.10. The van der Waals surface area contributed by atoms with Crippen LogP contribution in [0, 0.1) is 6.92 Å². The Hall–Kier alpha value is -3.97. The number of amides is 3. The number of nitrogens with zero attached hydrogens (tertiary/aromatic N) is 2. The van der Waals surface area contributed by atoms with Crippen molar-refractivity contribution in [2.75, 3.05) is 4.90 Å². The van der Waals surface area contributed by atoms with E-state index in [4.69, 9.17) is 16.3 Å². The Balaban J connectivity index is 1.68. The highest BCUT2D eigenvalue weighted by atomic mass is 35.5. The first-order chi connectivity index (χ1) is 16.8. The standard InChI is InChI=1S/C27H23ClN2O5/c1-17-7-3-5-9-22(17)26(33)29(16-19-8-4-6-10-23(19)28)24-15-25(32)30(27(24)34)20-11-13-21(14-12-20)35-18(2)31/h3-14,24H,15-16H2,1-2H3. The SMILES string of the molecule is CC(=O)Oc1ccc(N2C(=O)CC(N(Cc3ccccc3Cl)C(=O)c3ccccc3C)C2=O)cc1. The normalized spacial score (nSPS) is 15.3. The molecule has 0 radical (unpaired) electrons. The molecule has 0 bridgehead atoms. The van der Waals surface area contributed by atoms with Crippen molar-refractivity contribution >= 4 is 41.0 Å². The molecule has 8 heteroatoms. The van der Waals surface area contributed by atoms with Crippen molar-refractivity contribution in [3.63, 3.8) is 0 Å². The zero-order valence-corrected chi connectivity index (χ0v) is 20.0. The van der Waals surface area contributed by atoms with Crippen molar-refractivity contribution in [2.45, 2.75) is 32.9 Å². The van der Waals surface area contributed by atoms with Gasteiger partial charge in [-0.2, -0.15) is 0 Å². The second kappa shape index (κ2) is 10.1. The number of halogens is 1. The van der Waals surface area contributed by atoms with Crippen LogP contribution >= 0.6 is 11.6 Å². The van der Waals surface area contributed by atoms with E-state index in [-0.39, 0.29) is 18.9 Å². The number of carbonyl (C=O) groups excluding carboxylic acids is 4. The van der Waals surface area contributed by atoms with Gasteiger partial charge in [-0.3, -0.25) is 19.2 Å². The third-order valence-corrected chi connectivity index (χ3v) is 6.16. The van der Waals surface area contributed by atoms with E-state index in [1.54, 1.807) is 36.4 Å². The number of rotatable bonds is 6. The molecule has 1 aliphatic rings. The van der Waals surface area contributed by atoms with E-state index in [0.717, 1.165) is 10.5 Å². The summed E-state index contributed by atoms with van der Waals surface area (Å²) in [6.07, 6.45) is -0.160. The molecule has 3 amide bonds. The van der Waals surface area contributed by atoms with E-state index in [1.807, 2.05) is 19.1 Å². The molecule has 1 atom stereocenters. The molecule has 4 rings (SSSR count). The van der Waals surface area contributed by atoms with Crippen LogP contribution in [-0.4, -0.2) is 34.6 Å². The Kier molecular flexibility index (Phi) is 6.98. The van der Waals surface area contributed by atoms with Crippen LogP contribution in [0.4, 0.5) is 5.69 Å². The highest BCUT2D eigenvalue weighted by molar-refractivity contribution is 6.31. The summed E-state index contributed by atoms with van der Waals surface area (Å²) < 4.78 is 5.02. The van der Waals surface area contributed by atoms with Crippen molar-refractivity contribution in [1.29, 1.82) is 0 Å². The molecule has 0 aliphatic carbocycles. The van der Waals surface area contributed by atoms with Crippen LogP contribution in [0.1, 0.15) is 34.8 Å². The van der Waals surface area contributed by atoms with Gasteiger partial charge in [-0.25, -0.2) is 4.90 Å². The zero-order chi connectivity index (χ0) is 25.1. The average molecular weight is 491 g/mol. The van der Waals surface area contributed by atoms with Crippen LogP contribution < -0.4 is 9.64 Å². The first kappa shape index (κ1) is 24.2. The molecular formula is C27H23ClN2O5. The number of imide groups is 1. The first-order valence-electron chi connectivity index (χ1n) is 11.0. The average Bonchev–Trinajstić information content (AvgIpc) is 3.12. The molecule has 1 heterocycles. The van der Waals surface area contributed by atoms with Crippen LogP contribution in [0.2, 0.25) is 5.02 Å². The molecule has 1 saturated heterocycles. The number of hydrogen-bond acceptors (Lipinski definition) is 5. The quantitative estimate of drug-likeness (QED) is 0.287. The van der Waals surface area contributed by atoms with Crippen LogP contribution in [0.3, 0.4) is 0 Å². The molecule has 0 aromatic heterocycles. The Morgan fingerprint density at radius 1 is 1.00 bits per heavy atom. The largest absolute Gasteiger partial charge is 0.427 e. The van der Waals surface area contributed by atoms with Crippen molar-refractivity contribution < 1.29 is 23.9 Å². The molecule has 3 aromatic rings. The number of hydrogen-bond donors (Lipinski definition) is 0. The van der Waals surface area contributed by atoms with Gasteiger partial charge in [-0.15, -0.1) is 0 Å². The van der Waals surface area contributed by atoms with E-state index < -0.39 is 23.8 Å². The minimum atomic E-state index is -1.00. The lowest BCUT2D eigenvalue weighted by Crippen LogP contribution is -2.45. The highest BCUT2D eigenvalue weighted by Gasteiger charge is 2.44. The highest BCUT2D eigenvalue weighted by Crippen LogP contribution is 2.30. The monoisotopic (exact) mass is 490 g/mol. The van der Waals surface area contributed by atoms with Gasteiger partial charge >= 0.3 is 5.97 Å². The third-order valence-electron chi connectivity index (χ3n) is 5.79. The Morgan fingerprint density at radius 3 is 2.31 bits per heavy atom. The summed E-state index contributed by atoms with van der Waals surface area (Å²) in [7, 11) is 0. The molecule has 0 spiro atoms. The molecule has 7 nitrogen and oxygen atoms in total. The summed E-state index contributed by atoms with van der Waals surface area (Å²) in [5.41, 5.74) is 2.21. The molecule has 0 saturated carbocycles. The smallest absolute Gasteiger partial charge is 0.308 e. The fourth-order valence-electron chi connectivity index (χ4n) is 4.06.